The second-order valence-corrected chi connectivity index (χ2v) is 5.78. The number of carbonyl (C=O) groups excluding carboxylic acids is 1. The predicted octanol–water partition coefficient (Wildman–Crippen LogP) is 3.23. The van der Waals surface area contributed by atoms with Crippen LogP contribution in [-0.4, -0.2) is 20.9 Å². The Morgan fingerprint density at radius 3 is 2.50 bits per heavy atom. The number of hydrogen-bond acceptors (Lipinski definition) is 3. The first-order valence-corrected chi connectivity index (χ1v) is 7.78. The van der Waals surface area contributed by atoms with Crippen molar-refractivity contribution in [3.05, 3.63) is 76.4 Å². The highest BCUT2D eigenvalue weighted by Crippen LogP contribution is 2.19. The summed E-state index contributed by atoms with van der Waals surface area (Å²) in [5.41, 5.74) is 1.60. The molecule has 0 aliphatic heterocycles. The first-order valence-electron chi connectivity index (χ1n) is 7.78. The van der Waals surface area contributed by atoms with Gasteiger partial charge in [-0.3, -0.25) is 4.79 Å². The summed E-state index contributed by atoms with van der Waals surface area (Å²) in [6.07, 6.45) is 0. The normalized spacial score (nSPS) is 10.8. The lowest BCUT2D eigenvalue weighted by atomic mass is 10.2. The molecule has 8 heteroatoms. The summed E-state index contributed by atoms with van der Waals surface area (Å²) in [7, 11) is 0. The number of rotatable bonds is 4. The van der Waals surface area contributed by atoms with E-state index in [0.717, 1.165) is 18.2 Å². The van der Waals surface area contributed by atoms with Gasteiger partial charge in [0.25, 0.3) is 5.91 Å². The molecule has 0 bridgehead atoms. The van der Waals surface area contributed by atoms with Crippen molar-refractivity contribution < 1.29 is 18.0 Å². The fraction of sp³-hybridized carbons (Fsp3) is 0.167. The van der Waals surface area contributed by atoms with E-state index in [1.165, 1.54) is 16.8 Å². The Morgan fingerprint density at radius 1 is 1.12 bits per heavy atom. The Bertz CT molecular complexity index is 964. The molecule has 1 aromatic heterocycles. The number of benzene rings is 2. The van der Waals surface area contributed by atoms with E-state index < -0.39 is 23.4 Å². The molecule has 0 aliphatic rings. The molecule has 0 atom stereocenters. The topological polar surface area (TPSA) is 59.8 Å². The predicted molar refractivity (Wildman–Crippen MR) is 88.3 cm³/mol. The van der Waals surface area contributed by atoms with Gasteiger partial charge in [0, 0.05) is 18.2 Å². The molecule has 0 unspecified atom stereocenters. The number of nitrogens with zero attached hydrogens (tertiary/aromatic N) is 3. The van der Waals surface area contributed by atoms with Crippen LogP contribution < -0.4 is 5.32 Å². The lowest BCUT2D eigenvalue weighted by Crippen LogP contribution is -2.24. The van der Waals surface area contributed by atoms with Crippen LogP contribution in [-0.2, 0) is 6.54 Å². The van der Waals surface area contributed by atoms with Gasteiger partial charge in [-0.15, -0.1) is 5.10 Å². The van der Waals surface area contributed by atoms with Crippen molar-refractivity contribution in [2.24, 2.45) is 0 Å². The third-order valence-electron chi connectivity index (χ3n) is 3.95. The maximum absolute atomic E-state index is 13.7. The van der Waals surface area contributed by atoms with Crippen LogP contribution in [0, 0.1) is 31.3 Å². The van der Waals surface area contributed by atoms with Crippen molar-refractivity contribution >= 4 is 5.91 Å². The van der Waals surface area contributed by atoms with Crippen molar-refractivity contribution in [1.82, 2.24) is 20.3 Å². The van der Waals surface area contributed by atoms with Crippen molar-refractivity contribution in [3.63, 3.8) is 0 Å². The second-order valence-electron chi connectivity index (χ2n) is 5.78. The zero-order valence-corrected chi connectivity index (χ0v) is 14.1. The number of nitrogens with one attached hydrogen (secondary N) is 1. The van der Waals surface area contributed by atoms with Gasteiger partial charge in [-0.1, -0.05) is 11.3 Å². The van der Waals surface area contributed by atoms with Crippen LogP contribution in [0.5, 0.6) is 0 Å². The SMILES string of the molecule is Cc1c(F)cccc1-n1nnc(C(=O)NCc2cc(F)cc(F)c2)c1C. The van der Waals surface area contributed by atoms with Gasteiger partial charge in [-0.25, -0.2) is 17.9 Å². The zero-order valence-electron chi connectivity index (χ0n) is 14.1. The van der Waals surface area contributed by atoms with Crippen LogP contribution in [0.4, 0.5) is 13.2 Å². The van der Waals surface area contributed by atoms with Gasteiger partial charge >= 0.3 is 0 Å². The Hall–Kier alpha value is -3.16. The van der Waals surface area contributed by atoms with Gasteiger partial charge in [-0.2, -0.15) is 0 Å². The highest BCUT2D eigenvalue weighted by atomic mass is 19.1. The molecule has 1 amide bonds. The van der Waals surface area contributed by atoms with Gasteiger partial charge < -0.3 is 5.32 Å². The highest BCUT2D eigenvalue weighted by Gasteiger charge is 2.18. The van der Waals surface area contributed by atoms with Gasteiger partial charge in [0.2, 0.25) is 0 Å². The highest BCUT2D eigenvalue weighted by molar-refractivity contribution is 5.93. The molecule has 26 heavy (non-hydrogen) atoms. The number of amides is 1. The van der Waals surface area contributed by atoms with E-state index in [1.54, 1.807) is 19.9 Å². The second kappa shape index (κ2) is 6.99. The average Bonchev–Trinajstić information content (AvgIpc) is 2.96. The summed E-state index contributed by atoms with van der Waals surface area (Å²) in [6, 6.07) is 7.54. The van der Waals surface area contributed by atoms with Gasteiger partial charge in [0.15, 0.2) is 5.69 Å². The number of halogens is 3. The van der Waals surface area contributed by atoms with Crippen LogP contribution in [0.3, 0.4) is 0 Å². The largest absolute Gasteiger partial charge is 0.347 e. The summed E-state index contributed by atoms with van der Waals surface area (Å²) < 4.78 is 41.5. The Morgan fingerprint density at radius 2 is 1.81 bits per heavy atom. The monoisotopic (exact) mass is 360 g/mol. The summed E-state index contributed by atoms with van der Waals surface area (Å²) >= 11 is 0. The summed E-state index contributed by atoms with van der Waals surface area (Å²) in [4.78, 5) is 12.3. The van der Waals surface area contributed by atoms with Crippen molar-refractivity contribution in [2.45, 2.75) is 20.4 Å². The molecule has 3 aromatic rings. The third kappa shape index (κ3) is 3.44. The quantitative estimate of drug-likeness (QED) is 0.777. The molecule has 2 aromatic carbocycles. The maximum Gasteiger partial charge on any atom is 0.274 e. The number of carbonyl (C=O) groups is 1. The van der Waals surface area contributed by atoms with E-state index in [-0.39, 0.29) is 17.8 Å². The molecular formula is C18H15F3N4O. The van der Waals surface area contributed by atoms with Crippen LogP contribution in [0.2, 0.25) is 0 Å². The molecule has 5 nitrogen and oxygen atoms in total. The minimum absolute atomic E-state index is 0.0468. The maximum atomic E-state index is 13.7. The first kappa shape index (κ1) is 17.7. The molecule has 3 rings (SSSR count). The van der Waals surface area contributed by atoms with Crippen LogP contribution in [0.25, 0.3) is 5.69 Å². The Kier molecular flexibility index (Phi) is 4.75. The lowest BCUT2D eigenvalue weighted by molar-refractivity contribution is 0.0945. The van der Waals surface area contributed by atoms with Gasteiger partial charge in [0.05, 0.1) is 11.4 Å². The van der Waals surface area contributed by atoms with Crippen LogP contribution in [0.1, 0.15) is 27.3 Å². The standard InChI is InChI=1S/C18H15F3N4O/c1-10-15(21)4-3-5-16(10)25-11(2)17(23-24-25)18(26)22-9-12-6-13(19)8-14(20)7-12/h3-8H,9H2,1-2H3,(H,22,26). The third-order valence-corrected chi connectivity index (χ3v) is 3.95. The fourth-order valence-corrected chi connectivity index (χ4v) is 2.57. The average molecular weight is 360 g/mol. The molecule has 0 saturated heterocycles. The molecule has 0 aliphatic carbocycles. The Balaban J connectivity index is 1.81. The van der Waals surface area contributed by atoms with E-state index in [9.17, 15) is 18.0 Å². The lowest BCUT2D eigenvalue weighted by Gasteiger charge is -2.08. The fourth-order valence-electron chi connectivity index (χ4n) is 2.57. The van der Waals surface area contributed by atoms with Crippen molar-refractivity contribution in [2.75, 3.05) is 0 Å². The summed E-state index contributed by atoms with van der Waals surface area (Å²) in [5, 5.41) is 10.3. The van der Waals surface area contributed by atoms with E-state index in [4.69, 9.17) is 0 Å². The molecule has 134 valence electrons. The Labute approximate surface area is 147 Å². The number of hydrogen-bond donors (Lipinski definition) is 1. The van der Waals surface area contributed by atoms with Crippen LogP contribution >= 0.6 is 0 Å². The molecule has 0 fully saturated rings. The van der Waals surface area contributed by atoms with E-state index in [1.807, 2.05) is 0 Å². The minimum atomic E-state index is -0.724. The zero-order chi connectivity index (χ0) is 18.8. The van der Waals surface area contributed by atoms with E-state index in [0.29, 0.717) is 16.9 Å². The molecule has 0 spiro atoms. The molecular weight excluding hydrogens is 345 g/mol. The molecule has 1 N–H and O–H groups in total. The van der Waals surface area contributed by atoms with Gasteiger partial charge in [0.1, 0.15) is 17.5 Å². The minimum Gasteiger partial charge on any atom is -0.347 e. The number of aromatic nitrogens is 3. The van der Waals surface area contributed by atoms with Crippen LogP contribution in [0.15, 0.2) is 36.4 Å². The van der Waals surface area contributed by atoms with E-state index >= 15 is 0 Å². The van der Waals surface area contributed by atoms with Crippen molar-refractivity contribution in [1.29, 1.82) is 0 Å². The van der Waals surface area contributed by atoms with Crippen molar-refractivity contribution in [3.8, 4) is 5.69 Å². The smallest absolute Gasteiger partial charge is 0.274 e. The summed E-state index contributed by atoms with van der Waals surface area (Å²) in [5.74, 6) is -2.39. The van der Waals surface area contributed by atoms with E-state index in [2.05, 4.69) is 15.6 Å². The molecule has 1 heterocycles. The van der Waals surface area contributed by atoms with Gasteiger partial charge in [-0.05, 0) is 43.7 Å². The summed E-state index contributed by atoms with van der Waals surface area (Å²) in [6.45, 7) is 3.16. The molecule has 0 radical (unpaired) electrons. The first-order chi connectivity index (χ1) is 12.4. The molecule has 0 saturated carbocycles.